The third-order valence-electron chi connectivity index (χ3n) is 7.60. The molecule has 2 aromatic rings. The van der Waals surface area contributed by atoms with Crippen LogP contribution in [0.15, 0.2) is 48.5 Å². The first-order chi connectivity index (χ1) is 17.6. The molecule has 1 heterocycles. The Hall–Kier alpha value is -2.53. The molecule has 2 atom stereocenters. The smallest absolute Gasteiger partial charge is 0.257 e. The summed E-state index contributed by atoms with van der Waals surface area (Å²) in [5.41, 5.74) is 1.64. The highest BCUT2D eigenvalue weighted by Gasteiger charge is 2.35. The second kappa shape index (κ2) is 13.1. The summed E-state index contributed by atoms with van der Waals surface area (Å²) in [6, 6.07) is 15.4. The lowest BCUT2D eigenvalue weighted by molar-refractivity contribution is -0.136. The quantitative estimate of drug-likeness (QED) is 0.470. The zero-order valence-electron chi connectivity index (χ0n) is 21.5. The van der Waals surface area contributed by atoms with Gasteiger partial charge in [0.1, 0.15) is 11.9 Å². The summed E-state index contributed by atoms with van der Waals surface area (Å²) in [4.78, 5) is 31.0. The molecule has 0 unspecified atom stereocenters. The van der Waals surface area contributed by atoms with Gasteiger partial charge in [-0.1, -0.05) is 61.2 Å². The van der Waals surface area contributed by atoms with Gasteiger partial charge >= 0.3 is 0 Å². The van der Waals surface area contributed by atoms with Crippen molar-refractivity contribution in [1.29, 1.82) is 0 Å². The summed E-state index contributed by atoms with van der Waals surface area (Å²) in [6.07, 6.45) is 8.97. The van der Waals surface area contributed by atoms with Gasteiger partial charge in [-0.05, 0) is 69.2 Å². The Bertz CT molecular complexity index is 1030. The largest absolute Gasteiger partial charge is 0.487 e. The van der Waals surface area contributed by atoms with Gasteiger partial charge in [0.05, 0.1) is 11.6 Å². The Kier molecular flexibility index (Phi) is 9.68. The van der Waals surface area contributed by atoms with Crippen LogP contribution < -0.4 is 4.74 Å². The number of carbonyl (C=O) groups excluding carboxylic acids is 2. The van der Waals surface area contributed by atoms with Crippen LogP contribution in [0.1, 0.15) is 80.6 Å². The first-order valence-electron chi connectivity index (χ1n) is 13.7. The Labute approximate surface area is 220 Å². The molecule has 0 aromatic heterocycles. The summed E-state index contributed by atoms with van der Waals surface area (Å²) < 4.78 is 6.61. The van der Waals surface area contributed by atoms with Crippen LogP contribution >= 0.6 is 11.6 Å². The lowest BCUT2D eigenvalue weighted by Gasteiger charge is -2.40. The Morgan fingerprint density at radius 1 is 0.944 bits per heavy atom. The van der Waals surface area contributed by atoms with Gasteiger partial charge in [0.2, 0.25) is 5.91 Å². The van der Waals surface area contributed by atoms with Crippen molar-refractivity contribution in [3.05, 3.63) is 64.7 Å². The van der Waals surface area contributed by atoms with Crippen molar-refractivity contribution in [2.45, 2.75) is 83.3 Å². The van der Waals surface area contributed by atoms with Crippen LogP contribution in [0, 0.1) is 0 Å². The highest BCUT2D eigenvalue weighted by atomic mass is 35.5. The Balaban J connectivity index is 1.58. The van der Waals surface area contributed by atoms with E-state index in [4.69, 9.17) is 16.3 Å². The average Bonchev–Trinajstić information content (AvgIpc) is 2.90. The fraction of sp³-hybridized carbons (Fsp3) is 0.533. The van der Waals surface area contributed by atoms with Gasteiger partial charge < -0.3 is 14.5 Å². The average molecular weight is 511 g/mol. The predicted octanol–water partition coefficient (Wildman–Crippen LogP) is 6.53. The van der Waals surface area contributed by atoms with Gasteiger partial charge in [-0.2, -0.15) is 0 Å². The Morgan fingerprint density at radius 3 is 2.47 bits per heavy atom. The second-order valence-electron chi connectivity index (χ2n) is 9.98. The molecular formula is C30H39ClN2O3. The van der Waals surface area contributed by atoms with E-state index in [1.807, 2.05) is 60.4 Å². The van der Waals surface area contributed by atoms with E-state index in [0.717, 1.165) is 70.0 Å². The number of para-hydroxylation sites is 1. The van der Waals surface area contributed by atoms with E-state index in [2.05, 4.69) is 4.90 Å². The number of halogens is 1. The summed E-state index contributed by atoms with van der Waals surface area (Å²) in [5, 5.41) is 0.715. The minimum atomic E-state index is -0.116. The molecule has 2 aliphatic rings. The predicted molar refractivity (Wildman–Crippen MR) is 145 cm³/mol. The van der Waals surface area contributed by atoms with Crippen molar-refractivity contribution in [3.63, 3.8) is 0 Å². The Morgan fingerprint density at radius 2 is 1.67 bits per heavy atom. The van der Waals surface area contributed by atoms with Crippen molar-refractivity contribution in [2.24, 2.45) is 0 Å². The number of rotatable bonds is 4. The second-order valence-corrected chi connectivity index (χ2v) is 10.4. The SMILES string of the molecule is CCN1CCCCCCN(C(=O)CCc2ccccc2Cl)[C@@H]2CCCC[C@@H]2Oc2ccccc2C1=O. The number of benzene rings is 2. The van der Waals surface area contributed by atoms with Gasteiger partial charge in [-0.3, -0.25) is 9.59 Å². The van der Waals surface area contributed by atoms with E-state index in [9.17, 15) is 9.59 Å². The summed E-state index contributed by atoms with van der Waals surface area (Å²) >= 11 is 6.36. The fourth-order valence-corrected chi connectivity index (χ4v) is 5.78. The summed E-state index contributed by atoms with van der Waals surface area (Å²) in [7, 11) is 0. The molecule has 1 saturated carbocycles. The van der Waals surface area contributed by atoms with Crippen LogP contribution in [-0.2, 0) is 11.2 Å². The maximum Gasteiger partial charge on any atom is 0.257 e. The zero-order chi connectivity index (χ0) is 25.3. The van der Waals surface area contributed by atoms with E-state index in [0.29, 0.717) is 35.7 Å². The molecule has 4 rings (SSSR count). The molecule has 0 bridgehead atoms. The van der Waals surface area contributed by atoms with Crippen molar-refractivity contribution in [2.75, 3.05) is 19.6 Å². The van der Waals surface area contributed by atoms with Crippen LogP contribution in [0.5, 0.6) is 5.75 Å². The lowest BCUT2D eigenvalue weighted by Crippen LogP contribution is -2.51. The number of fused-ring (bicyclic) bond motifs is 2. The number of hydrogen-bond donors (Lipinski definition) is 0. The molecule has 194 valence electrons. The molecule has 5 nitrogen and oxygen atoms in total. The van der Waals surface area contributed by atoms with Crippen LogP contribution in [0.25, 0.3) is 0 Å². The van der Waals surface area contributed by atoms with Gasteiger partial charge in [-0.15, -0.1) is 0 Å². The minimum absolute atomic E-state index is 0.0193. The van der Waals surface area contributed by atoms with E-state index < -0.39 is 0 Å². The van der Waals surface area contributed by atoms with E-state index in [1.165, 1.54) is 0 Å². The molecule has 1 aliphatic heterocycles. The summed E-state index contributed by atoms with van der Waals surface area (Å²) in [6.45, 7) is 4.22. The molecular weight excluding hydrogens is 472 g/mol. The van der Waals surface area contributed by atoms with E-state index in [1.54, 1.807) is 0 Å². The molecule has 0 spiro atoms. The molecule has 0 saturated heterocycles. The van der Waals surface area contributed by atoms with Crippen LogP contribution in [-0.4, -0.2) is 53.4 Å². The number of hydrogen-bond acceptors (Lipinski definition) is 3. The highest BCUT2D eigenvalue weighted by Crippen LogP contribution is 2.31. The van der Waals surface area contributed by atoms with Gasteiger partial charge in [-0.25, -0.2) is 0 Å². The third kappa shape index (κ3) is 6.61. The number of aryl methyl sites for hydroxylation is 1. The maximum absolute atomic E-state index is 13.6. The summed E-state index contributed by atoms with van der Waals surface area (Å²) in [5.74, 6) is 0.840. The van der Waals surface area contributed by atoms with Crippen molar-refractivity contribution < 1.29 is 14.3 Å². The van der Waals surface area contributed by atoms with Crippen molar-refractivity contribution >= 4 is 23.4 Å². The fourth-order valence-electron chi connectivity index (χ4n) is 5.55. The molecule has 1 fully saturated rings. The van der Waals surface area contributed by atoms with Gasteiger partial charge in [0.25, 0.3) is 5.91 Å². The molecule has 2 amide bonds. The van der Waals surface area contributed by atoms with E-state index in [-0.39, 0.29) is 24.0 Å². The van der Waals surface area contributed by atoms with Crippen molar-refractivity contribution in [1.82, 2.24) is 9.80 Å². The third-order valence-corrected chi connectivity index (χ3v) is 7.96. The lowest BCUT2D eigenvalue weighted by atomic mass is 9.90. The van der Waals surface area contributed by atoms with Crippen LogP contribution in [0.2, 0.25) is 5.02 Å². The van der Waals surface area contributed by atoms with Gasteiger partial charge in [0, 0.05) is 31.1 Å². The minimum Gasteiger partial charge on any atom is -0.487 e. The number of nitrogens with zero attached hydrogens (tertiary/aromatic N) is 2. The zero-order valence-corrected chi connectivity index (χ0v) is 22.2. The number of amides is 2. The molecule has 0 radical (unpaired) electrons. The maximum atomic E-state index is 13.6. The van der Waals surface area contributed by atoms with Crippen LogP contribution in [0.4, 0.5) is 0 Å². The topological polar surface area (TPSA) is 49.9 Å². The first kappa shape index (κ1) is 26.5. The molecule has 6 heteroatoms. The molecule has 36 heavy (non-hydrogen) atoms. The van der Waals surface area contributed by atoms with Crippen LogP contribution in [0.3, 0.4) is 0 Å². The van der Waals surface area contributed by atoms with E-state index >= 15 is 0 Å². The normalized spacial score (nSPS) is 21.7. The number of ether oxygens (including phenoxy) is 1. The number of carbonyl (C=O) groups is 2. The molecule has 1 aliphatic carbocycles. The monoisotopic (exact) mass is 510 g/mol. The van der Waals surface area contributed by atoms with Gasteiger partial charge in [0.15, 0.2) is 0 Å². The first-order valence-corrected chi connectivity index (χ1v) is 14.0. The van der Waals surface area contributed by atoms with Crippen molar-refractivity contribution in [3.8, 4) is 5.75 Å². The highest BCUT2D eigenvalue weighted by molar-refractivity contribution is 6.31. The standard InChI is InChI=1S/C30H39ClN2O3/c1-2-32-21-11-3-4-12-22-33(29(34)20-19-23-13-5-7-15-25(23)31)26-16-8-10-18-28(26)36-27-17-9-6-14-24(27)30(32)35/h5-7,9,13-15,17,26,28H,2-4,8,10-12,16,18-22H2,1H3/t26-,28+/m1/s1. The molecule has 0 N–H and O–H groups in total. The molecule has 2 aromatic carbocycles.